The zero-order valence-electron chi connectivity index (χ0n) is 22.0. The summed E-state index contributed by atoms with van der Waals surface area (Å²) in [6.45, 7) is 3.21. The lowest BCUT2D eigenvalue weighted by molar-refractivity contribution is 0.0936. The molecule has 3 aromatic carbocycles. The first-order chi connectivity index (χ1) is 18.5. The van der Waals surface area contributed by atoms with Crippen LogP contribution in [0.5, 0.6) is 23.0 Å². The van der Waals surface area contributed by atoms with E-state index in [9.17, 15) is 4.79 Å². The highest BCUT2D eigenvalue weighted by atomic mass is 35.5. The molecule has 0 aliphatic carbocycles. The zero-order valence-corrected chi connectivity index (χ0v) is 22.7. The third kappa shape index (κ3) is 5.97. The number of halogens is 1. The quantitative estimate of drug-likeness (QED) is 0.221. The second-order valence-electron chi connectivity index (χ2n) is 8.71. The molecular weight excluding hydrogens is 506 g/mol. The highest BCUT2D eigenvalue weighted by Gasteiger charge is 2.22. The second kappa shape index (κ2) is 12.6. The van der Waals surface area contributed by atoms with Gasteiger partial charge in [-0.3, -0.25) is 4.79 Å². The predicted molar refractivity (Wildman–Crippen MR) is 148 cm³/mol. The summed E-state index contributed by atoms with van der Waals surface area (Å²) < 4.78 is 24.2. The number of carbonyl (C=O) groups excluding carboxylic acids is 1. The van der Waals surface area contributed by atoms with Gasteiger partial charge in [-0.2, -0.15) is 0 Å². The van der Waals surface area contributed by atoms with Crippen molar-refractivity contribution in [1.82, 2.24) is 14.9 Å². The number of rotatable bonds is 12. The molecule has 0 aliphatic heterocycles. The van der Waals surface area contributed by atoms with Crippen molar-refractivity contribution in [3.8, 4) is 23.0 Å². The molecule has 4 rings (SSSR count). The summed E-state index contributed by atoms with van der Waals surface area (Å²) in [5.74, 6) is 2.44. The highest BCUT2D eigenvalue weighted by molar-refractivity contribution is 6.32. The molecule has 0 radical (unpaired) electrons. The minimum Gasteiger partial charge on any atom is -0.493 e. The SMILES string of the molecule is COc1cc(C(=O)NC(C)c2nc3ccccc3n2CCCCOc2ccccc2Cl)cc(OC)c1OC. The summed E-state index contributed by atoms with van der Waals surface area (Å²) >= 11 is 6.18. The van der Waals surface area contributed by atoms with E-state index in [-0.39, 0.29) is 11.9 Å². The van der Waals surface area contributed by atoms with Crippen LogP contribution in [0.25, 0.3) is 11.0 Å². The topological polar surface area (TPSA) is 83.8 Å². The summed E-state index contributed by atoms with van der Waals surface area (Å²) in [4.78, 5) is 18.1. The molecule has 38 heavy (non-hydrogen) atoms. The van der Waals surface area contributed by atoms with Crippen LogP contribution in [-0.4, -0.2) is 43.4 Å². The van der Waals surface area contributed by atoms with Crippen molar-refractivity contribution in [3.05, 3.63) is 77.1 Å². The van der Waals surface area contributed by atoms with Crippen molar-refractivity contribution in [2.45, 2.75) is 32.4 Å². The Labute approximate surface area is 227 Å². The summed E-state index contributed by atoms with van der Waals surface area (Å²) in [7, 11) is 4.56. The molecule has 0 bridgehead atoms. The van der Waals surface area contributed by atoms with Crippen LogP contribution in [0.1, 0.15) is 42.0 Å². The van der Waals surface area contributed by atoms with E-state index in [0.717, 1.165) is 36.2 Å². The average molecular weight is 538 g/mol. The normalized spacial score (nSPS) is 11.7. The molecule has 0 saturated heterocycles. The van der Waals surface area contributed by atoms with Gasteiger partial charge in [-0.25, -0.2) is 4.98 Å². The molecule has 1 aromatic heterocycles. The smallest absolute Gasteiger partial charge is 0.252 e. The molecule has 1 amide bonds. The lowest BCUT2D eigenvalue weighted by atomic mass is 10.1. The Bertz CT molecular complexity index is 1380. The average Bonchev–Trinajstić information content (AvgIpc) is 3.31. The van der Waals surface area contributed by atoms with Crippen LogP contribution in [0, 0.1) is 0 Å². The monoisotopic (exact) mass is 537 g/mol. The maximum absolute atomic E-state index is 13.2. The Balaban J connectivity index is 1.48. The Morgan fingerprint density at radius 2 is 1.63 bits per heavy atom. The lowest BCUT2D eigenvalue weighted by Gasteiger charge is -2.18. The highest BCUT2D eigenvalue weighted by Crippen LogP contribution is 2.38. The number of fused-ring (bicyclic) bond motifs is 1. The third-order valence-electron chi connectivity index (χ3n) is 6.22. The molecule has 1 N–H and O–H groups in total. The standard InChI is InChI=1S/C29H32ClN3O5/c1-19(31-29(34)20-17-25(35-2)27(37-4)26(18-20)36-3)28-32-22-12-6-7-13-23(22)33(28)15-9-10-16-38-24-14-8-5-11-21(24)30/h5-8,11-14,17-19H,9-10,15-16H2,1-4H3,(H,31,34). The lowest BCUT2D eigenvalue weighted by Crippen LogP contribution is -2.29. The number of imidazole rings is 1. The van der Waals surface area contributed by atoms with Crippen molar-refractivity contribution < 1.29 is 23.7 Å². The van der Waals surface area contributed by atoms with Crippen LogP contribution in [0.3, 0.4) is 0 Å². The van der Waals surface area contributed by atoms with Gasteiger partial charge in [0.05, 0.1) is 50.0 Å². The number of unbranched alkanes of at least 4 members (excludes halogenated alkanes) is 1. The van der Waals surface area contributed by atoms with Gasteiger partial charge in [-0.15, -0.1) is 0 Å². The van der Waals surface area contributed by atoms with Gasteiger partial charge in [0.15, 0.2) is 11.5 Å². The molecule has 0 spiro atoms. The number of nitrogens with zero attached hydrogens (tertiary/aromatic N) is 2. The minimum absolute atomic E-state index is 0.275. The molecule has 9 heteroatoms. The van der Waals surface area contributed by atoms with E-state index in [0.29, 0.717) is 40.2 Å². The molecule has 1 unspecified atom stereocenters. The van der Waals surface area contributed by atoms with Crippen molar-refractivity contribution in [1.29, 1.82) is 0 Å². The van der Waals surface area contributed by atoms with Crippen molar-refractivity contribution in [2.24, 2.45) is 0 Å². The van der Waals surface area contributed by atoms with E-state index in [2.05, 4.69) is 9.88 Å². The fourth-order valence-corrected chi connectivity index (χ4v) is 4.52. The number of hydrogen-bond donors (Lipinski definition) is 1. The molecule has 8 nitrogen and oxygen atoms in total. The fourth-order valence-electron chi connectivity index (χ4n) is 4.33. The maximum atomic E-state index is 13.2. The van der Waals surface area contributed by atoms with Gasteiger partial charge < -0.3 is 28.8 Å². The molecule has 1 heterocycles. The van der Waals surface area contributed by atoms with Crippen LogP contribution in [0.2, 0.25) is 5.02 Å². The predicted octanol–water partition coefficient (Wildman–Crippen LogP) is 6.07. The first kappa shape index (κ1) is 27.1. The fraction of sp³-hybridized carbons (Fsp3) is 0.310. The van der Waals surface area contributed by atoms with Gasteiger partial charge in [-0.05, 0) is 56.2 Å². The largest absolute Gasteiger partial charge is 0.493 e. The van der Waals surface area contributed by atoms with Crippen LogP contribution in [0.15, 0.2) is 60.7 Å². The van der Waals surface area contributed by atoms with Crippen molar-refractivity contribution in [2.75, 3.05) is 27.9 Å². The molecule has 4 aromatic rings. The maximum Gasteiger partial charge on any atom is 0.252 e. The Hall–Kier alpha value is -3.91. The van der Waals surface area contributed by atoms with Gasteiger partial charge >= 0.3 is 0 Å². The number of carbonyl (C=O) groups is 1. The van der Waals surface area contributed by atoms with Crippen LogP contribution in [-0.2, 0) is 6.54 Å². The van der Waals surface area contributed by atoms with Crippen molar-refractivity contribution >= 4 is 28.5 Å². The number of aryl methyl sites for hydroxylation is 1. The van der Waals surface area contributed by atoms with Crippen LogP contribution >= 0.6 is 11.6 Å². The van der Waals surface area contributed by atoms with Crippen LogP contribution < -0.4 is 24.3 Å². The number of methoxy groups -OCH3 is 3. The minimum atomic E-state index is -0.353. The molecule has 200 valence electrons. The number of amides is 1. The zero-order chi connectivity index (χ0) is 27.1. The summed E-state index contributed by atoms with van der Waals surface area (Å²) in [5, 5.41) is 3.67. The number of benzene rings is 3. The van der Waals surface area contributed by atoms with Crippen LogP contribution in [0.4, 0.5) is 0 Å². The molecule has 1 atom stereocenters. The Morgan fingerprint density at radius 3 is 2.32 bits per heavy atom. The van der Waals surface area contributed by atoms with Gasteiger partial charge in [0.25, 0.3) is 5.91 Å². The second-order valence-corrected chi connectivity index (χ2v) is 9.11. The van der Waals surface area contributed by atoms with E-state index in [1.807, 2.05) is 55.5 Å². The summed E-state index contributed by atoms with van der Waals surface area (Å²) in [5.41, 5.74) is 2.29. The molecule has 0 fully saturated rings. The van der Waals surface area contributed by atoms with Gasteiger partial charge in [0, 0.05) is 12.1 Å². The van der Waals surface area contributed by atoms with E-state index in [1.54, 1.807) is 12.1 Å². The number of hydrogen-bond acceptors (Lipinski definition) is 6. The van der Waals surface area contributed by atoms with E-state index >= 15 is 0 Å². The molecule has 0 aliphatic rings. The van der Waals surface area contributed by atoms with E-state index in [4.69, 9.17) is 35.5 Å². The summed E-state index contributed by atoms with van der Waals surface area (Å²) in [6, 6.07) is 18.3. The third-order valence-corrected chi connectivity index (χ3v) is 6.53. The first-order valence-corrected chi connectivity index (χ1v) is 12.8. The molecule has 0 saturated carbocycles. The number of nitrogens with one attached hydrogen (secondary N) is 1. The summed E-state index contributed by atoms with van der Waals surface area (Å²) in [6.07, 6.45) is 1.70. The van der Waals surface area contributed by atoms with Gasteiger partial charge in [0.1, 0.15) is 11.6 Å². The van der Waals surface area contributed by atoms with Gasteiger partial charge in [-0.1, -0.05) is 35.9 Å². The Morgan fingerprint density at radius 1 is 0.947 bits per heavy atom. The first-order valence-electron chi connectivity index (χ1n) is 12.4. The van der Waals surface area contributed by atoms with E-state index in [1.165, 1.54) is 21.3 Å². The number of aromatic nitrogens is 2. The van der Waals surface area contributed by atoms with Crippen molar-refractivity contribution in [3.63, 3.8) is 0 Å². The number of para-hydroxylation sites is 3. The number of ether oxygens (including phenoxy) is 4. The molecular formula is C29H32ClN3O5. The Kier molecular flexibility index (Phi) is 8.97. The van der Waals surface area contributed by atoms with Gasteiger partial charge in [0.2, 0.25) is 5.75 Å². The van der Waals surface area contributed by atoms with E-state index < -0.39 is 0 Å².